The molecule has 0 aliphatic heterocycles. The highest BCUT2D eigenvalue weighted by Crippen LogP contribution is 2.39. The van der Waals surface area contributed by atoms with Crippen LogP contribution in [0.15, 0.2) is 59.1 Å². The molecular formula is C25H26N4OS2. The van der Waals surface area contributed by atoms with E-state index in [0.29, 0.717) is 0 Å². The molecule has 0 fully saturated rings. The quantitative estimate of drug-likeness (QED) is 0.325. The molecule has 0 unspecified atom stereocenters. The third-order valence-electron chi connectivity index (χ3n) is 5.31. The smallest absolute Gasteiger partial charge is 0.234 e. The Morgan fingerprint density at radius 2 is 1.88 bits per heavy atom. The maximum absolute atomic E-state index is 12.6. The monoisotopic (exact) mass is 462 g/mol. The molecule has 5 nitrogen and oxygen atoms in total. The van der Waals surface area contributed by atoms with E-state index in [1.807, 2.05) is 38.1 Å². The average molecular weight is 463 g/mol. The van der Waals surface area contributed by atoms with E-state index in [2.05, 4.69) is 63.6 Å². The number of nitrogens with zero attached hydrogens (tertiary/aromatic N) is 3. The number of nitrogens with one attached hydrogen (secondary N) is 1. The van der Waals surface area contributed by atoms with E-state index in [4.69, 9.17) is 0 Å². The van der Waals surface area contributed by atoms with Crippen molar-refractivity contribution in [1.29, 1.82) is 0 Å². The van der Waals surface area contributed by atoms with Crippen LogP contribution in [0.2, 0.25) is 0 Å². The number of anilines is 1. The first kappa shape index (κ1) is 22.3. The zero-order chi connectivity index (χ0) is 22.7. The molecule has 0 saturated carbocycles. The Hall–Kier alpha value is -2.90. The van der Waals surface area contributed by atoms with E-state index in [1.54, 1.807) is 11.3 Å². The summed E-state index contributed by atoms with van der Waals surface area (Å²) in [7, 11) is 0. The van der Waals surface area contributed by atoms with Crippen LogP contribution < -0.4 is 5.32 Å². The van der Waals surface area contributed by atoms with Crippen LogP contribution in [0.4, 0.5) is 5.69 Å². The summed E-state index contributed by atoms with van der Waals surface area (Å²) in [5.74, 6) is 1.07. The van der Waals surface area contributed by atoms with Gasteiger partial charge in [-0.05, 0) is 50.5 Å². The van der Waals surface area contributed by atoms with Crippen LogP contribution in [0.3, 0.4) is 0 Å². The lowest BCUT2D eigenvalue weighted by Gasteiger charge is -2.10. The van der Waals surface area contributed by atoms with E-state index in [-0.39, 0.29) is 11.7 Å². The Balaban J connectivity index is 1.55. The van der Waals surface area contributed by atoms with E-state index in [1.165, 1.54) is 27.8 Å². The standard InChI is InChI=1S/C25H26N4OS2/c1-5-29-24(20-14-31-18(4)23(20)19-9-7-6-8-10-19)27-28-25(29)32-15-22(30)26-21-13-16(2)11-12-17(21)3/h6-14H,5,15H2,1-4H3,(H,26,30). The minimum absolute atomic E-state index is 0.0488. The van der Waals surface area contributed by atoms with Gasteiger partial charge in [0.15, 0.2) is 11.0 Å². The van der Waals surface area contributed by atoms with Crippen LogP contribution in [-0.2, 0) is 11.3 Å². The number of thioether (sulfide) groups is 1. The summed E-state index contributed by atoms with van der Waals surface area (Å²) >= 11 is 3.13. The van der Waals surface area contributed by atoms with Gasteiger partial charge in [-0.3, -0.25) is 4.79 Å². The molecule has 7 heteroatoms. The molecule has 0 saturated heterocycles. The zero-order valence-electron chi connectivity index (χ0n) is 18.7. The SMILES string of the molecule is CCn1c(SCC(=O)Nc2cc(C)ccc2C)nnc1-c1csc(C)c1-c1ccccc1. The van der Waals surface area contributed by atoms with Crippen molar-refractivity contribution in [1.82, 2.24) is 14.8 Å². The van der Waals surface area contributed by atoms with Gasteiger partial charge < -0.3 is 9.88 Å². The first-order chi connectivity index (χ1) is 15.5. The Kier molecular flexibility index (Phi) is 6.77. The number of aromatic nitrogens is 3. The van der Waals surface area contributed by atoms with Crippen molar-refractivity contribution < 1.29 is 4.79 Å². The molecule has 0 aliphatic rings. The highest BCUT2D eigenvalue weighted by atomic mass is 32.2. The van der Waals surface area contributed by atoms with Gasteiger partial charge in [0.2, 0.25) is 5.91 Å². The van der Waals surface area contributed by atoms with Crippen LogP contribution in [0.5, 0.6) is 0 Å². The largest absolute Gasteiger partial charge is 0.325 e. The van der Waals surface area contributed by atoms with Gasteiger partial charge >= 0.3 is 0 Å². The summed E-state index contributed by atoms with van der Waals surface area (Å²) in [6.07, 6.45) is 0. The van der Waals surface area contributed by atoms with E-state index in [9.17, 15) is 4.79 Å². The molecular weight excluding hydrogens is 436 g/mol. The average Bonchev–Trinajstić information content (AvgIpc) is 3.38. The van der Waals surface area contributed by atoms with Crippen molar-refractivity contribution in [2.45, 2.75) is 39.4 Å². The molecule has 4 rings (SSSR count). The third kappa shape index (κ3) is 4.64. The van der Waals surface area contributed by atoms with E-state index in [0.717, 1.165) is 39.9 Å². The fourth-order valence-corrected chi connectivity index (χ4v) is 5.32. The molecule has 0 spiro atoms. The first-order valence-corrected chi connectivity index (χ1v) is 12.4. The van der Waals surface area contributed by atoms with E-state index < -0.39 is 0 Å². The van der Waals surface area contributed by atoms with Crippen molar-refractivity contribution in [3.05, 3.63) is 69.9 Å². The summed E-state index contributed by atoms with van der Waals surface area (Å²) in [6, 6.07) is 16.4. The molecule has 1 amide bonds. The van der Waals surface area contributed by atoms with Gasteiger partial charge in [0.05, 0.1) is 5.75 Å². The normalized spacial score (nSPS) is 11.0. The number of carbonyl (C=O) groups excluding carboxylic acids is 1. The number of thiophene rings is 1. The van der Waals surface area contributed by atoms with Gasteiger partial charge in [-0.1, -0.05) is 54.2 Å². The lowest BCUT2D eigenvalue weighted by atomic mass is 10.0. The van der Waals surface area contributed by atoms with Crippen LogP contribution in [0, 0.1) is 20.8 Å². The molecule has 0 atom stereocenters. The van der Waals surface area contributed by atoms with Crippen molar-refractivity contribution in [2.75, 3.05) is 11.1 Å². The molecule has 32 heavy (non-hydrogen) atoms. The number of carbonyl (C=O) groups is 1. The number of rotatable bonds is 7. The topological polar surface area (TPSA) is 59.8 Å². The Morgan fingerprint density at radius 3 is 2.62 bits per heavy atom. The van der Waals surface area contributed by atoms with Gasteiger partial charge in [0.25, 0.3) is 0 Å². The molecule has 0 radical (unpaired) electrons. The maximum atomic E-state index is 12.6. The van der Waals surface area contributed by atoms with Crippen LogP contribution in [0.1, 0.15) is 22.9 Å². The minimum atomic E-state index is -0.0488. The fourth-order valence-electron chi connectivity index (χ4n) is 3.65. The van der Waals surface area contributed by atoms with Gasteiger partial charge in [0.1, 0.15) is 0 Å². The number of benzene rings is 2. The molecule has 2 aromatic heterocycles. The molecule has 4 aromatic rings. The second-order valence-corrected chi connectivity index (χ2v) is 9.68. The van der Waals surface area contributed by atoms with Gasteiger partial charge in [-0.15, -0.1) is 21.5 Å². The Bertz CT molecular complexity index is 1240. The molecule has 0 aliphatic carbocycles. The highest BCUT2D eigenvalue weighted by molar-refractivity contribution is 7.99. The van der Waals surface area contributed by atoms with Gasteiger partial charge in [-0.25, -0.2) is 0 Å². The lowest BCUT2D eigenvalue weighted by molar-refractivity contribution is -0.113. The summed E-state index contributed by atoms with van der Waals surface area (Å²) in [5.41, 5.74) is 6.48. The molecule has 2 heterocycles. The Labute approximate surface area is 196 Å². The fraction of sp³-hybridized carbons (Fsp3) is 0.240. The molecule has 164 valence electrons. The molecule has 2 aromatic carbocycles. The van der Waals surface area contributed by atoms with Crippen molar-refractivity contribution in [3.8, 4) is 22.5 Å². The Morgan fingerprint density at radius 1 is 1.09 bits per heavy atom. The molecule has 0 bridgehead atoms. The first-order valence-electron chi connectivity index (χ1n) is 10.5. The zero-order valence-corrected chi connectivity index (χ0v) is 20.3. The summed E-state index contributed by atoms with van der Waals surface area (Å²) in [4.78, 5) is 13.8. The van der Waals surface area contributed by atoms with Crippen LogP contribution in [0.25, 0.3) is 22.5 Å². The van der Waals surface area contributed by atoms with Crippen molar-refractivity contribution in [3.63, 3.8) is 0 Å². The lowest BCUT2D eigenvalue weighted by Crippen LogP contribution is -2.15. The van der Waals surface area contributed by atoms with Gasteiger partial charge in [0, 0.05) is 33.6 Å². The number of hydrogen-bond donors (Lipinski definition) is 1. The van der Waals surface area contributed by atoms with Crippen LogP contribution >= 0.6 is 23.1 Å². The second-order valence-electron chi connectivity index (χ2n) is 7.65. The van der Waals surface area contributed by atoms with E-state index >= 15 is 0 Å². The summed E-state index contributed by atoms with van der Waals surface area (Å²) in [5, 5.41) is 14.8. The summed E-state index contributed by atoms with van der Waals surface area (Å²) < 4.78 is 2.09. The minimum Gasteiger partial charge on any atom is -0.325 e. The van der Waals surface area contributed by atoms with Crippen molar-refractivity contribution in [2.24, 2.45) is 0 Å². The van der Waals surface area contributed by atoms with Crippen LogP contribution in [-0.4, -0.2) is 26.4 Å². The number of aryl methyl sites for hydroxylation is 3. The summed E-state index contributed by atoms with van der Waals surface area (Å²) in [6.45, 7) is 8.96. The predicted octanol–water partition coefficient (Wildman–Crippen LogP) is 6.35. The second kappa shape index (κ2) is 9.71. The number of amides is 1. The third-order valence-corrected chi connectivity index (χ3v) is 7.19. The molecule has 1 N–H and O–H groups in total. The predicted molar refractivity (Wildman–Crippen MR) is 134 cm³/mol. The number of hydrogen-bond acceptors (Lipinski definition) is 5. The maximum Gasteiger partial charge on any atom is 0.234 e. The van der Waals surface area contributed by atoms with Gasteiger partial charge in [-0.2, -0.15) is 0 Å². The highest BCUT2D eigenvalue weighted by Gasteiger charge is 2.20. The van der Waals surface area contributed by atoms with Crippen molar-refractivity contribution >= 4 is 34.7 Å².